The average molecular weight is 205 g/mol. The Bertz CT molecular complexity index is 379. The predicted octanol–water partition coefficient (Wildman–Crippen LogP) is 1.92. The highest BCUT2D eigenvalue weighted by atomic mass is 19.1. The van der Waals surface area contributed by atoms with E-state index in [0.717, 1.165) is 7.11 Å². The zero-order valence-electron chi connectivity index (χ0n) is 7.09. The van der Waals surface area contributed by atoms with E-state index in [4.69, 9.17) is 5.21 Å². The van der Waals surface area contributed by atoms with Gasteiger partial charge in [-0.25, -0.2) is 13.2 Å². The Morgan fingerprint density at radius 1 is 1.36 bits per heavy atom. The lowest BCUT2D eigenvalue weighted by atomic mass is 10.2. The molecule has 14 heavy (non-hydrogen) atoms. The molecule has 0 aliphatic rings. The Morgan fingerprint density at radius 3 is 2.50 bits per heavy atom. The van der Waals surface area contributed by atoms with E-state index in [0.29, 0.717) is 12.3 Å². The summed E-state index contributed by atoms with van der Waals surface area (Å²) in [6.45, 7) is 0. The summed E-state index contributed by atoms with van der Waals surface area (Å²) in [6, 6.07) is 0.443. The number of benzene rings is 1. The van der Waals surface area contributed by atoms with Crippen molar-refractivity contribution < 1.29 is 23.1 Å². The molecular formula is C8H6F3NO2. The van der Waals surface area contributed by atoms with Crippen molar-refractivity contribution in [2.45, 2.75) is 0 Å². The van der Waals surface area contributed by atoms with Crippen LogP contribution >= 0.6 is 0 Å². The fourth-order valence-electron chi connectivity index (χ4n) is 0.950. The van der Waals surface area contributed by atoms with Crippen LogP contribution in [0.3, 0.4) is 0 Å². The zero-order chi connectivity index (χ0) is 10.7. The van der Waals surface area contributed by atoms with Crippen molar-refractivity contribution in [2.75, 3.05) is 7.11 Å². The Balaban J connectivity index is 3.43. The van der Waals surface area contributed by atoms with Crippen molar-refractivity contribution in [1.82, 2.24) is 0 Å². The number of hydrogen-bond acceptors (Lipinski definition) is 3. The van der Waals surface area contributed by atoms with Crippen LogP contribution in [0.1, 0.15) is 5.56 Å². The Morgan fingerprint density at radius 2 is 2.00 bits per heavy atom. The molecule has 0 atom stereocenters. The van der Waals surface area contributed by atoms with E-state index in [9.17, 15) is 13.2 Å². The van der Waals surface area contributed by atoms with Crippen LogP contribution in [-0.4, -0.2) is 18.5 Å². The van der Waals surface area contributed by atoms with E-state index in [1.165, 1.54) is 0 Å². The molecule has 3 nitrogen and oxygen atoms in total. The first-order valence-electron chi connectivity index (χ1n) is 3.50. The van der Waals surface area contributed by atoms with E-state index >= 15 is 0 Å². The molecule has 0 amide bonds. The molecule has 0 saturated heterocycles. The maximum atomic E-state index is 13.2. The summed E-state index contributed by atoms with van der Waals surface area (Å²) in [4.78, 5) is 0. The summed E-state index contributed by atoms with van der Waals surface area (Å²) < 4.78 is 43.2. The first-order chi connectivity index (χ1) is 6.61. The molecular weight excluding hydrogens is 199 g/mol. The molecule has 0 saturated carbocycles. The van der Waals surface area contributed by atoms with Crippen LogP contribution in [0.5, 0.6) is 5.75 Å². The van der Waals surface area contributed by atoms with Crippen molar-refractivity contribution in [3.8, 4) is 5.75 Å². The van der Waals surface area contributed by atoms with Crippen molar-refractivity contribution in [3.63, 3.8) is 0 Å². The predicted molar refractivity (Wildman–Crippen MR) is 42.2 cm³/mol. The summed E-state index contributed by atoms with van der Waals surface area (Å²) in [5.74, 6) is -4.29. The normalized spacial score (nSPS) is 10.9. The molecule has 1 aromatic carbocycles. The molecule has 1 aromatic rings. The molecule has 0 aliphatic heterocycles. The lowest BCUT2D eigenvalue weighted by Gasteiger charge is -2.05. The van der Waals surface area contributed by atoms with Crippen molar-refractivity contribution in [3.05, 3.63) is 29.1 Å². The highest BCUT2D eigenvalue weighted by molar-refractivity contribution is 5.80. The van der Waals surface area contributed by atoms with Crippen LogP contribution < -0.4 is 4.74 Å². The monoisotopic (exact) mass is 205 g/mol. The molecule has 0 aromatic heterocycles. The molecule has 1 rings (SSSR count). The van der Waals surface area contributed by atoms with Crippen molar-refractivity contribution >= 4 is 6.21 Å². The van der Waals surface area contributed by atoms with Gasteiger partial charge in [-0.1, -0.05) is 5.16 Å². The summed E-state index contributed by atoms with van der Waals surface area (Å²) in [5.41, 5.74) is -0.661. The third-order valence-corrected chi connectivity index (χ3v) is 1.55. The van der Waals surface area contributed by atoms with Gasteiger partial charge in [-0.15, -0.1) is 0 Å². The molecule has 76 valence electrons. The van der Waals surface area contributed by atoms with Gasteiger partial charge in [-0.3, -0.25) is 0 Å². The van der Waals surface area contributed by atoms with Gasteiger partial charge < -0.3 is 9.94 Å². The number of hydrogen-bond donors (Lipinski definition) is 1. The SMILES string of the molecule is COc1c(F)cc(F)c(/C=N/O)c1F. The van der Waals surface area contributed by atoms with E-state index in [1.54, 1.807) is 0 Å². The van der Waals surface area contributed by atoms with Gasteiger partial charge in [0.2, 0.25) is 0 Å². The van der Waals surface area contributed by atoms with Gasteiger partial charge in [-0.05, 0) is 0 Å². The molecule has 0 fully saturated rings. The first-order valence-corrected chi connectivity index (χ1v) is 3.50. The molecule has 0 radical (unpaired) electrons. The van der Waals surface area contributed by atoms with Gasteiger partial charge in [0.05, 0.1) is 18.9 Å². The minimum absolute atomic E-state index is 0.443. The lowest BCUT2D eigenvalue weighted by Crippen LogP contribution is -2.01. The molecule has 1 N–H and O–H groups in total. The van der Waals surface area contributed by atoms with Gasteiger partial charge in [0.25, 0.3) is 0 Å². The summed E-state index contributed by atoms with van der Waals surface area (Å²) in [6.07, 6.45) is 0.520. The number of methoxy groups -OCH3 is 1. The summed E-state index contributed by atoms with van der Waals surface area (Å²) in [7, 11) is 1.04. The van der Waals surface area contributed by atoms with Crippen LogP contribution in [0.2, 0.25) is 0 Å². The molecule has 0 spiro atoms. The van der Waals surface area contributed by atoms with Crippen molar-refractivity contribution in [1.29, 1.82) is 0 Å². The first kappa shape index (κ1) is 10.4. The van der Waals surface area contributed by atoms with Crippen LogP contribution in [0.25, 0.3) is 0 Å². The molecule has 0 bridgehead atoms. The number of halogens is 3. The zero-order valence-corrected chi connectivity index (χ0v) is 7.09. The minimum Gasteiger partial charge on any atom is -0.491 e. The van der Waals surface area contributed by atoms with Gasteiger partial charge in [0.15, 0.2) is 17.4 Å². The van der Waals surface area contributed by atoms with Gasteiger partial charge in [0, 0.05) is 6.07 Å². The van der Waals surface area contributed by atoms with Crippen LogP contribution in [0.15, 0.2) is 11.2 Å². The van der Waals surface area contributed by atoms with Crippen LogP contribution in [0, 0.1) is 17.5 Å². The molecule has 0 aliphatic carbocycles. The fourth-order valence-corrected chi connectivity index (χ4v) is 0.950. The maximum absolute atomic E-state index is 13.2. The Hall–Kier alpha value is -1.72. The number of nitrogens with zero attached hydrogens (tertiary/aromatic N) is 1. The quantitative estimate of drug-likeness (QED) is 0.455. The second kappa shape index (κ2) is 3.99. The van der Waals surface area contributed by atoms with Crippen molar-refractivity contribution in [2.24, 2.45) is 5.16 Å². The van der Waals surface area contributed by atoms with E-state index < -0.39 is 28.8 Å². The Labute approximate surface area is 77.4 Å². The number of ether oxygens (including phenoxy) is 1. The highest BCUT2D eigenvalue weighted by Gasteiger charge is 2.18. The molecule has 0 heterocycles. The number of rotatable bonds is 2. The van der Waals surface area contributed by atoms with Crippen LogP contribution in [-0.2, 0) is 0 Å². The summed E-state index contributed by atoms with van der Waals surface area (Å²) in [5, 5.41) is 10.6. The van der Waals surface area contributed by atoms with E-state index in [2.05, 4.69) is 9.89 Å². The standard InChI is InChI=1S/C8H6F3NO2/c1-14-8-6(10)2-5(9)4(3-12-13)7(8)11/h2-3,13H,1H3/b12-3+. The average Bonchev–Trinajstić information content (AvgIpc) is 2.12. The third-order valence-electron chi connectivity index (χ3n) is 1.55. The topological polar surface area (TPSA) is 41.8 Å². The van der Waals surface area contributed by atoms with Crippen LogP contribution in [0.4, 0.5) is 13.2 Å². The minimum atomic E-state index is -1.25. The lowest BCUT2D eigenvalue weighted by molar-refractivity contribution is 0.321. The second-order valence-electron chi connectivity index (χ2n) is 2.35. The Kier molecular flexibility index (Phi) is 2.95. The van der Waals surface area contributed by atoms with Gasteiger partial charge in [-0.2, -0.15) is 0 Å². The number of oxime groups is 1. The molecule has 6 heteroatoms. The highest BCUT2D eigenvalue weighted by Crippen LogP contribution is 2.25. The third kappa shape index (κ3) is 1.63. The second-order valence-corrected chi connectivity index (χ2v) is 2.35. The maximum Gasteiger partial charge on any atom is 0.191 e. The fraction of sp³-hybridized carbons (Fsp3) is 0.125. The van der Waals surface area contributed by atoms with E-state index in [-0.39, 0.29) is 0 Å². The van der Waals surface area contributed by atoms with E-state index in [1.807, 2.05) is 0 Å². The van der Waals surface area contributed by atoms with Gasteiger partial charge >= 0.3 is 0 Å². The largest absolute Gasteiger partial charge is 0.491 e. The smallest absolute Gasteiger partial charge is 0.191 e. The summed E-state index contributed by atoms with van der Waals surface area (Å²) >= 11 is 0. The molecule has 0 unspecified atom stereocenters. The van der Waals surface area contributed by atoms with Gasteiger partial charge in [0.1, 0.15) is 5.82 Å².